The van der Waals surface area contributed by atoms with E-state index in [2.05, 4.69) is 6.58 Å². The Morgan fingerprint density at radius 3 is 2.33 bits per heavy atom. The average molecular weight is 336 g/mol. The average Bonchev–Trinajstić information content (AvgIpc) is 2.53. The highest BCUT2D eigenvalue weighted by atomic mass is 19.1. The maximum Gasteiger partial charge on any atom is 0.313 e. The van der Waals surface area contributed by atoms with Crippen molar-refractivity contribution in [2.45, 2.75) is 63.9 Å². The van der Waals surface area contributed by atoms with Crippen LogP contribution in [-0.4, -0.2) is 12.1 Å². The van der Waals surface area contributed by atoms with Crippen molar-refractivity contribution in [3.8, 4) is 0 Å². The molecule has 1 aromatic carbocycles. The molecule has 0 spiro atoms. The van der Waals surface area contributed by atoms with Gasteiger partial charge in [-0.25, -0.2) is 8.78 Å². The van der Waals surface area contributed by atoms with Gasteiger partial charge in [-0.2, -0.15) is 0 Å². The first kappa shape index (κ1) is 18.6. The smallest absolute Gasteiger partial charge is 0.313 e. The van der Waals surface area contributed by atoms with Gasteiger partial charge in [0.1, 0.15) is 17.7 Å². The number of esters is 1. The van der Waals surface area contributed by atoms with E-state index in [0.717, 1.165) is 31.7 Å². The molecule has 0 bridgehead atoms. The van der Waals surface area contributed by atoms with Crippen LogP contribution in [0, 0.1) is 17.6 Å². The van der Waals surface area contributed by atoms with Crippen molar-refractivity contribution in [2.24, 2.45) is 5.92 Å². The van der Waals surface area contributed by atoms with Crippen molar-refractivity contribution in [1.29, 1.82) is 0 Å². The lowest BCUT2D eigenvalue weighted by Crippen LogP contribution is -2.45. The fourth-order valence-corrected chi connectivity index (χ4v) is 3.21. The molecule has 0 radical (unpaired) electrons. The molecule has 0 N–H and O–H groups in total. The highest BCUT2D eigenvalue weighted by Gasteiger charge is 2.41. The van der Waals surface area contributed by atoms with Crippen LogP contribution in [0.2, 0.25) is 0 Å². The third kappa shape index (κ3) is 5.73. The first-order valence-corrected chi connectivity index (χ1v) is 8.86. The Morgan fingerprint density at radius 1 is 1.00 bits per heavy atom. The molecule has 1 aliphatic rings. The topological polar surface area (TPSA) is 26.3 Å². The van der Waals surface area contributed by atoms with E-state index >= 15 is 0 Å². The minimum atomic E-state index is -0.566. The molecule has 1 unspecified atom stereocenters. The van der Waals surface area contributed by atoms with Crippen molar-refractivity contribution in [3.63, 3.8) is 0 Å². The molecule has 1 fully saturated rings. The second-order valence-electron chi connectivity index (χ2n) is 6.53. The van der Waals surface area contributed by atoms with Crippen LogP contribution < -0.4 is 0 Å². The maximum atomic E-state index is 13.2. The van der Waals surface area contributed by atoms with Crippen LogP contribution in [0.5, 0.6) is 0 Å². The lowest BCUT2D eigenvalue weighted by atomic mass is 9.87. The maximum absolute atomic E-state index is 13.2. The third-order valence-corrected chi connectivity index (χ3v) is 4.58. The number of carbonyl (C=O) groups is 1. The van der Waals surface area contributed by atoms with Crippen molar-refractivity contribution >= 4 is 5.97 Å². The summed E-state index contributed by atoms with van der Waals surface area (Å²) in [5.74, 6) is -1.30. The molecule has 2 atom stereocenters. The Morgan fingerprint density at radius 2 is 1.67 bits per heavy atom. The van der Waals surface area contributed by atoms with E-state index in [1.807, 2.05) is 6.08 Å². The first-order chi connectivity index (χ1) is 11.6. The number of aryl methyl sites for hydroxylation is 1. The SMILES string of the molecule is C=CCCCCCCCC1C(=O)O[C@@H]1CCc1cc(F)cc(F)c1. The number of benzene rings is 1. The van der Waals surface area contributed by atoms with Crippen LogP contribution in [0.1, 0.15) is 56.9 Å². The van der Waals surface area contributed by atoms with Gasteiger partial charge >= 0.3 is 5.97 Å². The van der Waals surface area contributed by atoms with Crippen molar-refractivity contribution in [1.82, 2.24) is 0 Å². The Bertz CT molecular complexity index is 536. The van der Waals surface area contributed by atoms with E-state index in [-0.39, 0.29) is 18.0 Å². The predicted molar refractivity (Wildman–Crippen MR) is 90.6 cm³/mol. The highest BCUT2D eigenvalue weighted by Crippen LogP contribution is 2.31. The number of allylic oxidation sites excluding steroid dienone is 1. The molecule has 1 aromatic rings. The van der Waals surface area contributed by atoms with E-state index < -0.39 is 11.6 Å². The van der Waals surface area contributed by atoms with Gasteiger partial charge in [0.15, 0.2) is 0 Å². The molecule has 4 heteroatoms. The zero-order chi connectivity index (χ0) is 17.4. The second kappa shape index (κ2) is 9.55. The molecule has 0 saturated carbocycles. The number of carbonyl (C=O) groups excluding carboxylic acids is 1. The van der Waals surface area contributed by atoms with E-state index in [1.54, 1.807) is 0 Å². The third-order valence-electron chi connectivity index (χ3n) is 4.58. The number of ether oxygens (including phenoxy) is 1. The Balaban J connectivity index is 1.66. The molecule has 2 rings (SSSR count). The summed E-state index contributed by atoms with van der Waals surface area (Å²) in [6.07, 6.45) is 10.6. The van der Waals surface area contributed by atoms with Crippen LogP contribution in [-0.2, 0) is 16.0 Å². The van der Waals surface area contributed by atoms with Crippen LogP contribution in [0.15, 0.2) is 30.9 Å². The van der Waals surface area contributed by atoms with Gasteiger partial charge in [-0.1, -0.05) is 31.8 Å². The molecule has 132 valence electrons. The summed E-state index contributed by atoms with van der Waals surface area (Å²) in [5, 5.41) is 0. The largest absolute Gasteiger partial charge is 0.461 e. The molecule has 0 aromatic heterocycles. The van der Waals surface area contributed by atoms with E-state index in [0.29, 0.717) is 18.4 Å². The molecule has 1 heterocycles. The predicted octanol–water partition coefficient (Wildman–Crippen LogP) is 5.36. The summed E-state index contributed by atoms with van der Waals surface area (Å²) in [6.45, 7) is 3.71. The van der Waals surface area contributed by atoms with Gasteiger partial charge in [0.25, 0.3) is 0 Å². The molecular weight excluding hydrogens is 310 g/mol. The van der Waals surface area contributed by atoms with Crippen molar-refractivity contribution < 1.29 is 18.3 Å². The summed E-state index contributed by atoms with van der Waals surface area (Å²) in [6, 6.07) is 3.54. The molecular formula is C20H26F2O2. The molecule has 24 heavy (non-hydrogen) atoms. The summed E-state index contributed by atoms with van der Waals surface area (Å²) in [4.78, 5) is 11.6. The van der Waals surface area contributed by atoms with E-state index in [9.17, 15) is 13.6 Å². The molecule has 0 aliphatic carbocycles. The molecule has 1 aliphatic heterocycles. The minimum Gasteiger partial charge on any atom is -0.461 e. The monoisotopic (exact) mass is 336 g/mol. The normalized spacial score (nSPS) is 19.7. The van der Waals surface area contributed by atoms with Gasteiger partial charge in [-0.3, -0.25) is 4.79 Å². The van der Waals surface area contributed by atoms with Gasteiger partial charge in [-0.05, 0) is 49.8 Å². The minimum absolute atomic E-state index is 0.0448. The summed E-state index contributed by atoms with van der Waals surface area (Å²) >= 11 is 0. The van der Waals surface area contributed by atoms with Gasteiger partial charge < -0.3 is 4.74 Å². The fourth-order valence-electron chi connectivity index (χ4n) is 3.21. The van der Waals surface area contributed by atoms with Gasteiger partial charge in [0.05, 0.1) is 5.92 Å². The molecule has 1 saturated heterocycles. The first-order valence-electron chi connectivity index (χ1n) is 8.86. The van der Waals surface area contributed by atoms with Gasteiger partial charge in [0, 0.05) is 6.07 Å². The summed E-state index contributed by atoms with van der Waals surface area (Å²) < 4.78 is 31.6. The molecule has 0 amide bonds. The summed E-state index contributed by atoms with van der Waals surface area (Å²) in [7, 11) is 0. The van der Waals surface area contributed by atoms with Crippen molar-refractivity contribution in [3.05, 3.63) is 48.1 Å². The Kier molecular flexibility index (Phi) is 7.41. The highest BCUT2D eigenvalue weighted by molar-refractivity contribution is 5.78. The van der Waals surface area contributed by atoms with E-state index in [4.69, 9.17) is 4.74 Å². The zero-order valence-corrected chi connectivity index (χ0v) is 14.1. The van der Waals surface area contributed by atoms with Crippen molar-refractivity contribution in [2.75, 3.05) is 0 Å². The number of hydrogen-bond donors (Lipinski definition) is 0. The van der Waals surface area contributed by atoms with Crippen LogP contribution in [0.4, 0.5) is 8.78 Å². The standard InChI is InChI=1S/C20H26F2O2/c1-2-3-4-5-6-7-8-9-18-19(24-20(18)23)11-10-15-12-16(21)14-17(22)13-15/h2,12-14,18-19H,1,3-11H2/t18?,19-/m1/s1. The fraction of sp³-hybridized carbons (Fsp3) is 0.550. The number of hydrogen-bond acceptors (Lipinski definition) is 2. The number of halogens is 2. The van der Waals surface area contributed by atoms with Gasteiger partial charge in [0.2, 0.25) is 0 Å². The zero-order valence-electron chi connectivity index (χ0n) is 14.1. The van der Waals surface area contributed by atoms with Crippen LogP contribution in [0.3, 0.4) is 0 Å². The lowest BCUT2D eigenvalue weighted by Gasteiger charge is -2.35. The Labute approximate surface area is 142 Å². The van der Waals surface area contributed by atoms with E-state index in [1.165, 1.54) is 31.4 Å². The lowest BCUT2D eigenvalue weighted by molar-refractivity contribution is -0.185. The molecule has 2 nitrogen and oxygen atoms in total. The van der Waals surface area contributed by atoms with Gasteiger partial charge in [-0.15, -0.1) is 6.58 Å². The van der Waals surface area contributed by atoms with Crippen LogP contribution >= 0.6 is 0 Å². The second-order valence-corrected chi connectivity index (χ2v) is 6.53. The Hall–Kier alpha value is -1.71. The number of unbranched alkanes of at least 4 members (excludes halogenated alkanes) is 5. The quantitative estimate of drug-likeness (QED) is 0.309. The number of rotatable bonds is 11. The van der Waals surface area contributed by atoms with Crippen LogP contribution in [0.25, 0.3) is 0 Å². The number of cyclic esters (lactones) is 1. The summed E-state index contributed by atoms with van der Waals surface area (Å²) in [5.41, 5.74) is 0.608.